The van der Waals surface area contributed by atoms with Crippen LogP contribution in [-0.2, 0) is 9.53 Å². The maximum Gasteiger partial charge on any atom is 0.345 e. The van der Waals surface area contributed by atoms with Crippen LogP contribution in [0, 0.1) is 0 Å². The second-order valence-corrected chi connectivity index (χ2v) is 3.85. The number of amides is 1. The Morgan fingerprint density at radius 3 is 2.40 bits per heavy atom. The van der Waals surface area contributed by atoms with Crippen LogP contribution < -0.4 is 5.73 Å². The summed E-state index contributed by atoms with van der Waals surface area (Å²) in [5.74, 6) is -2.16. The number of aliphatic hydroxyl groups excluding tert-OH is 1. The second kappa shape index (κ2) is 7.08. The van der Waals surface area contributed by atoms with Gasteiger partial charge in [0.25, 0.3) is 5.91 Å². The van der Waals surface area contributed by atoms with Gasteiger partial charge < -0.3 is 15.6 Å². The van der Waals surface area contributed by atoms with Gasteiger partial charge in [-0.15, -0.1) is 0 Å². The van der Waals surface area contributed by atoms with Crippen LogP contribution in [0.4, 0.5) is 0 Å². The summed E-state index contributed by atoms with van der Waals surface area (Å²) in [6.07, 6.45) is 0. The molecule has 106 valence electrons. The van der Waals surface area contributed by atoms with Gasteiger partial charge in [-0.2, -0.15) is 4.99 Å². The average molecular weight is 276 g/mol. The first kappa shape index (κ1) is 15.4. The maximum absolute atomic E-state index is 11.8. The Morgan fingerprint density at radius 1 is 1.30 bits per heavy atom. The maximum atomic E-state index is 11.8. The lowest BCUT2D eigenvalue weighted by Crippen LogP contribution is -2.25. The van der Waals surface area contributed by atoms with Gasteiger partial charge in [0.2, 0.25) is 0 Å². The zero-order chi connectivity index (χ0) is 15.1. The number of nitrogens with two attached hydrogens (primary N) is 1. The Kier molecular flexibility index (Phi) is 5.46. The summed E-state index contributed by atoms with van der Waals surface area (Å²) in [4.78, 5) is 27.1. The van der Waals surface area contributed by atoms with Gasteiger partial charge in [0.05, 0.1) is 6.61 Å². The zero-order valence-corrected chi connectivity index (χ0v) is 11.3. The Labute approximate surface area is 116 Å². The molecule has 0 aliphatic carbocycles. The predicted molar refractivity (Wildman–Crippen MR) is 74.4 cm³/mol. The number of carbonyl (C=O) groups is 2. The van der Waals surface area contributed by atoms with Gasteiger partial charge in [0.15, 0.2) is 0 Å². The molecule has 1 aromatic rings. The molecule has 3 N–H and O–H groups in total. The summed E-state index contributed by atoms with van der Waals surface area (Å²) in [5, 5.41) is 9.47. The minimum Gasteiger partial charge on any atom is -0.512 e. The highest BCUT2D eigenvalue weighted by Crippen LogP contribution is 2.07. The molecule has 0 aliphatic rings. The normalized spacial score (nSPS) is 12.6. The molecule has 1 rings (SSSR count). The molecule has 0 unspecified atom stereocenters. The first-order chi connectivity index (χ1) is 9.47. The van der Waals surface area contributed by atoms with Crippen LogP contribution in [0.3, 0.4) is 0 Å². The Balaban J connectivity index is 3.05. The monoisotopic (exact) mass is 276 g/mol. The molecule has 0 saturated heterocycles. The topological polar surface area (TPSA) is 102 Å². The van der Waals surface area contributed by atoms with Gasteiger partial charge in [-0.25, -0.2) is 4.79 Å². The lowest BCUT2D eigenvalue weighted by molar-refractivity contribution is -0.138. The van der Waals surface area contributed by atoms with Crippen LogP contribution in [0.15, 0.2) is 46.7 Å². The Morgan fingerprint density at radius 2 is 1.90 bits per heavy atom. The van der Waals surface area contributed by atoms with Crippen molar-refractivity contribution in [2.75, 3.05) is 6.61 Å². The highest BCUT2D eigenvalue weighted by atomic mass is 16.5. The van der Waals surface area contributed by atoms with Crippen LogP contribution in [0.2, 0.25) is 0 Å². The molecule has 0 aliphatic heterocycles. The molecule has 0 radical (unpaired) electrons. The molecule has 0 bridgehead atoms. The molecule has 0 aromatic heterocycles. The second-order valence-electron chi connectivity index (χ2n) is 3.85. The highest BCUT2D eigenvalue weighted by Gasteiger charge is 2.20. The molecule has 0 saturated carbocycles. The molecule has 0 atom stereocenters. The van der Waals surface area contributed by atoms with Crippen molar-refractivity contribution in [1.82, 2.24) is 0 Å². The molecular formula is C14H16N2O4. The molecule has 0 heterocycles. The van der Waals surface area contributed by atoms with E-state index in [4.69, 9.17) is 10.5 Å². The Hall–Kier alpha value is -2.63. The SMILES string of the molecule is CCOC(=O)C(C(N)=NC(=O)c1ccccc1)=C(C)O. The van der Waals surface area contributed by atoms with Crippen molar-refractivity contribution in [2.45, 2.75) is 13.8 Å². The van der Waals surface area contributed by atoms with Gasteiger partial charge >= 0.3 is 5.97 Å². The van der Waals surface area contributed by atoms with Crippen LogP contribution >= 0.6 is 0 Å². The fourth-order valence-electron chi connectivity index (χ4n) is 1.45. The van der Waals surface area contributed by atoms with Gasteiger partial charge in [-0.05, 0) is 26.0 Å². The summed E-state index contributed by atoms with van der Waals surface area (Å²) in [7, 11) is 0. The molecule has 1 amide bonds. The number of ether oxygens (including phenoxy) is 1. The number of rotatable bonds is 4. The van der Waals surface area contributed by atoms with Crippen molar-refractivity contribution >= 4 is 17.7 Å². The van der Waals surface area contributed by atoms with E-state index in [1.54, 1.807) is 37.3 Å². The van der Waals surface area contributed by atoms with Gasteiger partial charge in [-0.3, -0.25) is 4.79 Å². The van der Waals surface area contributed by atoms with Crippen molar-refractivity contribution < 1.29 is 19.4 Å². The minimum atomic E-state index is -0.824. The zero-order valence-electron chi connectivity index (χ0n) is 11.3. The van der Waals surface area contributed by atoms with Crippen LogP contribution in [0.25, 0.3) is 0 Å². The summed E-state index contributed by atoms with van der Waals surface area (Å²) in [6.45, 7) is 3.00. The minimum absolute atomic E-state index is 0.121. The largest absolute Gasteiger partial charge is 0.512 e. The third kappa shape index (κ3) is 3.94. The van der Waals surface area contributed by atoms with E-state index in [2.05, 4.69) is 4.99 Å². The molecule has 20 heavy (non-hydrogen) atoms. The molecular weight excluding hydrogens is 260 g/mol. The number of nitrogens with zero attached hydrogens (tertiary/aromatic N) is 1. The van der Waals surface area contributed by atoms with Crippen LogP contribution in [-0.4, -0.2) is 29.4 Å². The smallest absolute Gasteiger partial charge is 0.345 e. The van der Waals surface area contributed by atoms with E-state index in [0.29, 0.717) is 5.56 Å². The lowest BCUT2D eigenvalue weighted by Gasteiger charge is -2.07. The van der Waals surface area contributed by atoms with Crippen LogP contribution in [0.5, 0.6) is 0 Å². The van der Waals surface area contributed by atoms with E-state index in [0.717, 1.165) is 0 Å². The number of benzene rings is 1. The van der Waals surface area contributed by atoms with Crippen molar-refractivity contribution in [1.29, 1.82) is 0 Å². The number of amidine groups is 1. The van der Waals surface area contributed by atoms with E-state index in [-0.39, 0.29) is 23.8 Å². The standard InChI is InChI=1S/C14H16N2O4/c1-3-20-14(19)11(9(2)17)12(15)16-13(18)10-7-5-4-6-8-10/h4-8,17H,3H2,1-2H3,(H2,15,16,18). The molecule has 0 fully saturated rings. The summed E-state index contributed by atoms with van der Waals surface area (Å²) < 4.78 is 4.74. The number of hydrogen-bond donors (Lipinski definition) is 2. The van der Waals surface area contributed by atoms with Gasteiger partial charge in [0, 0.05) is 5.56 Å². The third-order valence-electron chi connectivity index (χ3n) is 2.34. The quantitative estimate of drug-likeness (QED) is 0.286. The van der Waals surface area contributed by atoms with Crippen molar-refractivity contribution in [2.24, 2.45) is 10.7 Å². The first-order valence-electron chi connectivity index (χ1n) is 5.98. The summed E-state index contributed by atoms with van der Waals surface area (Å²) in [6, 6.07) is 8.25. The van der Waals surface area contributed by atoms with Crippen molar-refractivity contribution in [3.05, 3.63) is 47.2 Å². The molecule has 0 spiro atoms. The van der Waals surface area contributed by atoms with Gasteiger partial charge in [0.1, 0.15) is 17.2 Å². The number of aliphatic imine (C=N–C) groups is 1. The average Bonchev–Trinajstić information content (AvgIpc) is 2.39. The molecule has 6 heteroatoms. The molecule has 6 nitrogen and oxygen atoms in total. The number of esters is 1. The van der Waals surface area contributed by atoms with E-state index in [1.165, 1.54) is 6.92 Å². The number of allylic oxidation sites excluding steroid dienone is 1. The number of carbonyl (C=O) groups excluding carboxylic acids is 2. The fourth-order valence-corrected chi connectivity index (χ4v) is 1.45. The third-order valence-corrected chi connectivity index (χ3v) is 2.34. The van der Waals surface area contributed by atoms with E-state index >= 15 is 0 Å². The summed E-state index contributed by atoms with van der Waals surface area (Å²) >= 11 is 0. The first-order valence-corrected chi connectivity index (χ1v) is 5.98. The summed E-state index contributed by atoms with van der Waals surface area (Å²) in [5.41, 5.74) is 5.62. The number of aliphatic hydroxyl groups is 1. The van der Waals surface area contributed by atoms with Crippen LogP contribution in [0.1, 0.15) is 24.2 Å². The Bertz CT molecular complexity index is 558. The lowest BCUT2D eigenvalue weighted by atomic mass is 10.2. The van der Waals surface area contributed by atoms with Gasteiger partial charge in [-0.1, -0.05) is 18.2 Å². The van der Waals surface area contributed by atoms with Crippen molar-refractivity contribution in [3.8, 4) is 0 Å². The van der Waals surface area contributed by atoms with E-state index < -0.39 is 11.9 Å². The fraction of sp³-hybridized carbons (Fsp3) is 0.214. The predicted octanol–water partition coefficient (Wildman–Crippen LogP) is 1.58. The van der Waals surface area contributed by atoms with E-state index in [1.807, 2.05) is 0 Å². The highest BCUT2D eigenvalue weighted by molar-refractivity contribution is 6.21. The molecule has 1 aromatic carbocycles. The van der Waals surface area contributed by atoms with E-state index in [9.17, 15) is 14.7 Å². The number of hydrogen-bond acceptors (Lipinski definition) is 4. The van der Waals surface area contributed by atoms with Crippen molar-refractivity contribution in [3.63, 3.8) is 0 Å².